The Kier molecular flexibility index (Phi) is 7.40. The minimum Gasteiger partial charge on any atom is -0.506 e. The number of rotatable bonds is 10. The van der Waals surface area contributed by atoms with E-state index in [0.29, 0.717) is 12.4 Å². The monoisotopic (exact) mass is 333 g/mol. The lowest BCUT2D eigenvalue weighted by atomic mass is 10.1. The van der Waals surface area contributed by atoms with E-state index in [-0.39, 0.29) is 0 Å². The quantitative estimate of drug-likeness (QED) is 0.442. The van der Waals surface area contributed by atoms with Gasteiger partial charge in [-0.2, -0.15) is 0 Å². The maximum Gasteiger partial charge on any atom is 0.142 e. The van der Waals surface area contributed by atoms with Gasteiger partial charge in [0.1, 0.15) is 11.5 Å². The number of fused-ring (bicyclic) bond motifs is 1. The van der Waals surface area contributed by atoms with E-state index >= 15 is 0 Å². The van der Waals surface area contributed by atoms with Crippen molar-refractivity contribution in [1.82, 2.24) is 0 Å². The van der Waals surface area contributed by atoms with Crippen molar-refractivity contribution in [1.29, 1.82) is 0 Å². The molecule has 23 heavy (non-hydrogen) atoms. The van der Waals surface area contributed by atoms with Gasteiger partial charge >= 0.3 is 0 Å². The van der Waals surface area contributed by atoms with Gasteiger partial charge in [-0.3, -0.25) is 4.99 Å². The van der Waals surface area contributed by atoms with E-state index in [9.17, 15) is 5.11 Å². The van der Waals surface area contributed by atoms with Gasteiger partial charge in [-0.1, -0.05) is 39.0 Å². The van der Waals surface area contributed by atoms with Crippen molar-refractivity contribution in [3.63, 3.8) is 0 Å². The third-order valence-corrected chi connectivity index (χ3v) is 4.90. The van der Waals surface area contributed by atoms with Crippen LogP contribution in [0.25, 0.3) is 10.1 Å². The van der Waals surface area contributed by atoms with E-state index in [1.807, 2.05) is 31.3 Å². The molecule has 1 aromatic heterocycles. The summed E-state index contributed by atoms with van der Waals surface area (Å²) >= 11 is 1.56. The van der Waals surface area contributed by atoms with Crippen molar-refractivity contribution >= 4 is 27.6 Å². The average Bonchev–Trinajstić information content (AvgIpc) is 2.86. The normalized spacial score (nSPS) is 11.6. The molecule has 0 atom stereocenters. The number of benzene rings is 1. The molecule has 0 amide bonds. The first kappa shape index (κ1) is 17.8. The molecule has 126 valence electrons. The van der Waals surface area contributed by atoms with Crippen molar-refractivity contribution in [3.8, 4) is 11.5 Å². The minimum atomic E-state index is 0.333. The van der Waals surface area contributed by atoms with E-state index in [2.05, 4.69) is 11.9 Å². The zero-order valence-electron chi connectivity index (χ0n) is 14.2. The highest BCUT2D eigenvalue weighted by molar-refractivity contribution is 7.21. The van der Waals surface area contributed by atoms with Gasteiger partial charge in [-0.25, -0.2) is 0 Å². The highest BCUT2D eigenvalue weighted by Crippen LogP contribution is 2.37. The zero-order valence-corrected chi connectivity index (χ0v) is 15.0. The van der Waals surface area contributed by atoms with Crippen LogP contribution in [0, 0.1) is 0 Å². The van der Waals surface area contributed by atoms with Crippen LogP contribution in [-0.4, -0.2) is 24.5 Å². The molecule has 0 bridgehead atoms. The zero-order chi connectivity index (χ0) is 16.5. The molecule has 4 heteroatoms. The molecular formula is C19H27NO2S. The number of hydrogen-bond donors (Lipinski definition) is 1. The van der Waals surface area contributed by atoms with Crippen LogP contribution in [-0.2, 0) is 0 Å². The summed E-state index contributed by atoms with van der Waals surface area (Å²) in [5.41, 5.74) is 0. The standard InChI is InChI=1S/C19H27NO2S/c1-3-5-6-7-8-9-12-20-14-18-19(21)16-11-10-15(22-4-2)13-17(16)23-18/h10-11,13-14,21H,3-9,12H2,1-2H3. The summed E-state index contributed by atoms with van der Waals surface area (Å²) in [6.45, 7) is 5.69. The highest BCUT2D eigenvalue weighted by Gasteiger charge is 2.10. The summed E-state index contributed by atoms with van der Waals surface area (Å²) in [6.07, 6.45) is 9.44. The van der Waals surface area contributed by atoms with Gasteiger partial charge in [-0.05, 0) is 31.5 Å². The molecule has 0 aliphatic rings. The Morgan fingerprint density at radius 1 is 1.13 bits per heavy atom. The van der Waals surface area contributed by atoms with Crippen LogP contribution in [0.2, 0.25) is 0 Å². The average molecular weight is 333 g/mol. The largest absolute Gasteiger partial charge is 0.506 e. The molecule has 3 nitrogen and oxygen atoms in total. The SMILES string of the molecule is CCCCCCCCN=Cc1sc2cc(OCC)ccc2c1O. The summed E-state index contributed by atoms with van der Waals surface area (Å²) in [4.78, 5) is 5.30. The second kappa shape index (κ2) is 9.56. The fraction of sp³-hybridized carbons (Fsp3) is 0.526. The molecule has 2 rings (SSSR count). The van der Waals surface area contributed by atoms with Crippen LogP contribution in [0.5, 0.6) is 11.5 Å². The molecule has 1 N–H and O–H groups in total. The summed E-state index contributed by atoms with van der Waals surface area (Å²) in [7, 11) is 0. The molecule has 0 fully saturated rings. The number of aromatic hydroxyl groups is 1. The molecule has 1 aromatic carbocycles. The maximum atomic E-state index is 10.3. The van der Waals surface area contributed by atoms with Crippen molar-refractivity contribution in [2.45, 2.75) is 52.4 Å². The van der Waals surface area contributed by atoms with Crippen molar-refractivity contribution < 1.29 is 9.84 Å². The molecule has 0 aliphatic heterocycles. The Labute approximate surface area is 143 Å². The van der Waals surface area contributed by atoms with E-state index in [0.717, 1.165) is 33.7 Å². The maximum absolute atomic E-state index is 10.3. The van der Waals surface area contributed by atoms with E-state index in [4.69, 9.17) is 4.74 Å². The Bertz CT molecular complexity index is 634. The number of ether oxygens (including phenoxy) is 1. The smallest absolute Gasteiger partial charge is 0.142 e. The van der Waals surface area contributed by atoms with E-state index in [1.54, 1.807) is 11.3 Å². The first-order valence-corrected chi connectivity index (χ1v) is 9.46. The van der Waals surface area contributed by atoms with E-state index < -0.39 is 0 Å². The molecule has 0 saturated carbocycles. The number of unbranched alkanes of at least 4 members (excludes halogenated alkanes) is 5. The Hall–Kier alpha value is -1.55. The van der Waals surface area contributed by atoms with Gasteiger partial charge in [-0.15, -0.1) is 11.3 Å². The van der Waals surface area contributed by atoms with Crippen LogP contribution in [0.4, 0.5) is 0 Å². The summed E-state index contributed by atoms with van der Waals surface area (Å²) in [5.74, 6) is 1.18. The number of hydrogen-bond acceptors (Lipinski definition) is 4. The first-order chi connectivity index (χ1) is 11.3. The van der Waals surface area contributed by atoms with E-state index in [1.165, 1.54) is 32.1 Å². The Balaban J connectivity index is 1.89. The number of thiophene rings is 1. The van der Waals surface area contributed by atoms with Gasteiger partial charge in [0.2, 0.25) is 0 Å². The number of nitrogens with zero attached hydrogens (tertiary/aromatic N) is 1. The topological polar surface area (TPSA) is 41.8 Å². The third-order valence-electron chi connectivity index (χ3n) is 3.82. The number of aliphatic imine (C=N–C) groups is 1. The van der Waals surface area contributed by atoms with Crippen molar-refractivity contribution in [3.05, 3.63) is 23.1 Å². The Morgan fingerprint density at radius 2 is 1.91 bits per heavy atom. The van der Waals surface area contributed by atoms with Gasteiger partial charge in [0.15, 0.2) is 0 Å². The molecule has 0 radical (unpaired) electrons. The first-order valence-electron chi connectivity index (χ1n) is 8.64. The summed E-state index contributed by atoms with van der Waals surface area (Å²) < 4.78 is 6.54. The van der Waals surface area contributed by atoms with Crippen LogP contribution in [0.1, 0.15) is 57.2 Å². The molecule has 1 heterocycles. The molecule has 2 aromatic rings. The van der Waals surface area contributed by atoms with Gasteiger partial charge in [0.05, 0.1) is 11.5 Å². The van der Waals surface area contributed by atoms with Gasteiger partial charge in [0.25, 0.3) is 0 Å². The van der Waals surface area contributed by atoms with Gasteiger partial charge in [0, 0.05) is 22.8 Å². The Morgan fingerprint density at radius 3 is 2.70 bits per heavy atom. The lowest BCUT2D eigenvalue weighted by Crippen LogP contribution is -1.89. The molecule has 0 aliphatic carbocycles. The third kappa shape index (κ3) is 5.24. The second-order valence-electron chi connectivity index (χ2n) is 5.71. The lowest BCUT2D eigenvalue weighted by Gasteiger charge is -2.01. The fourth-order valence-corrected chi connectivity index (χ4v) is 3.58. The van der Waals surface area contributed by atoms with Crippen LogP contribution in [0.15, 0.2) is 23.2 Å². The molecule has 0 unspecified atom stereocenters. The molecular weight excluding hydrogens is 306 g/mol. The predicted octanol–water partition coefficient (Wildman–Crippen LogP) is 5.79. The molecule has 0 saturated heterocycles. The lowest BCUT2D eigenvalue weighted by molar-refractivity contribution is 0.341. The second-order valence-corrected chi connectivity index (χ2v) is 6.79. The van der Waals surface area contributed by atoms with Crippen LogP contribution in [0.3, 0.4) is 0 Å². The van der Waals surface area contributed by atoms with Crippen molar-refractivity contribution in [2.75, 3.05) is 13.2 Å². The minimum absolute atomic E-state index is 0.333. The summed E-state index contributed by atoms with van der Waals surface area (Å²) in [5, 5.41) is 11.2. The van der Waals surface area contributed by atoms with Gasteiger partial charge < -0.3 is 9.84 Å². The van der Waals surface area contributed by atoms with Crippen LogP contribution >= 0.6 is 11.3 Å². The predicted molar refractivity (Wildman–Crippen MR) is 100 cm³/mol. The van der Waals surface area contributed by atoms with Crippen LogP contribution < -0.4 is 4.74 Å². The van der Waals surface area contributed by atoms with Crippen molar-refractivity contribution in [2.24, 2.45) is 4.99 Å². The molecule has 0 spiro atoms. The highest BCUT2D eigenvalue weighted by atomic mass is 32.1. The summed E-state index contributed by atoms with van der Waals surface area (Å²) in [6, 6.07) is 5.79. The fourth-order valence-electron chi connectivity index (χ4n) is 2.56.